The third-order valence-electron chi connectivity index (χ3n) is 2.84. The van der Waals surface area contributed by atoms with Crippen LogP contribution in [0.1, 0.15) is 0 Å². The van der Waals surface area contributed by atoms with Crippen LogP contribution in [0.25, 0.3) is 22.3 Å². The van der Waals surface area contributed by atoms with Crippen LogP contribution in [0.3, 0.4) is 0 Å². The molecule has 0 aliphatic rings. The number of hydrogen-bond acceptors (Lipinski definition) is 3. The van der Waals surface area contributed by atoms with E-state index < -0.39 is 0 Å². The Labute approximate surface area is 105 Å². The van der Waals surface area contributed by atoms with Crippen molar-refractivity contribution in [2.45, 2.75) is 0 Å². The Bertz CT molecular complexity index is 677. The molecule has 0 unspecified atom stereocenters. The average molecular weight is 236 g/mol. The van der Waals surface area contributed by atoms with Crippen LogP contribution in [0, 0.1) is 0 Å². The third-order valence-corrected chi connectivity index (χ3v) is 2.84. The fourth-order valence-electron chi connectivity index (χ4n) is 1.85. The molecule has 0 fully saturated rings. The molecule has 1 aromatic heterocycles. The van der Waals surface area contributed by atoms with Crippen molar-refractivity contribution in [2.75, 3.05) is 7.11 Å². The molecule has 3 heteroatoms. The second-order valence-electron chi connectivity index (χ2n) is 3.98. The van der Waals surface area contributed by atoms with Crippen molar-refractivity contribution in [1.29, 1.82) is 0 Å². The van der Waals surface area contributed by atoms with Crippen LogP contribution in [0.4, 0.5) is 0 Å². The fraction of sp³-hybridized carbons (Fsp3) is 0.0667. The van der Waals surface area contributed by atoms with E-state index in [1.165, 1.54) is 0 Å². The van der Waals surface area contributed by atoms with Gasteiger partial charge in [-0.25, -0.2) is 9.97 Å². The number of nitrogens with zero attached hydrogens (tertiary/aromatic N) is 2. The van der Waals surface area contributed by atoms with E-state index in [4.69, 9.17) is 4.74 Å². The average Bonchev–Trinajstić information content (AvgIpc) is 2.47. The summed E-state index contributed by atoms with van der Waals surface area (Å²) in [6.07, 6.45) is 1.85. The summed E-state index contributed by atoms with van der Waals surface area (Å²) >= 11 is 0. The van der Waals surface area contributed by atoms with Gasteiger partial charge in [-0.1, -0.05) is 18.2 Å². The Balaban J connectivity index is 2.07. The molecule has 0 amide bonds. The lowest BCUT2D eigenvalue weighted by atomic mass is 10.2. The summed E-state index contributed by atoms with van der Waals surface area (Å²) in [6, 6.07) is 15.7. The van der Waals surface area contributed by atoms with Gasteiger partial charge in [-0.15, -0.1) is 0 Å². The van der Waals surface area contributed by atoms with E-state index in [2.05, 4.69) is 9.97 Å². The first-order chi connectivity index (χ1) is 8.86. The van der Waals surface area contributed by atoms with Gasteiger partial charge in [0.1, 0.15) is 5.75 Å². The predicted molar refractivity (Wildman–Crippen MR) is 71.5 cm³/mol. The normalized spacial score (nSPS) is 10.5. The smallest absolute Gasteiger partial charge is 0.159 e. The van der Waals surface area contributed by atoms with E-state index in [0.29, 0.717) is 0 Å². The molecule has 1 heterocycles. The third kappa shape index (κ3) is 1.91. The lowest BCUT2D eigenvalue weighted by molar-refractivity contribution is 0.415. The minimum atomic E-state index is 0.733. The molecule has 88 valence electrons. The van der Waals surface area contributed by atoms with Crippen molar-refractivity contribution in [3.63, 3.8) is 0 Å². The number of methoxy groups -OCH3 is 1. The number of hydrogen-bond donors (Lipinski definition) is 0. The maximum absolute atomic E-state index is 5.13. The summed E-state index contributed by atoms with van der Waals surface area (Å²) in [5.74, 6) is 1.57. The molecule has 0 radical (unpaired) electrons. The van der Waals surface area contributed by atoms with Crippen molar-refractivity contribution in [3.05, 3.63) is 54.7 Å². The van der Waals surface area contributed by atoms with Crippen LogP contribution < -0.4 is 4.74 Å². The molecule has 0 spiro atoms. The zero-order chi connectivity index (χ0) is 12.4. The van der Waals surface area contributed by atoms with Gasteiger partial charge in [0.15, 0.2) is 5.82 Å². The maximum Gasteiger partial charge on any atom is 0.159 e. The molecule has 0 N–H and O–H groups in total. The standard InChI is InChI=1S/C15H12N2O/c1-18-13-8-6-11(7-9-13)15-16-10-12-4-2-3-5-14(12)17-15/h2-10H,1H3. The van der Waals surface area contributed by atoms with Crippen molar-refractivity contribution in [2.24, 2.45) is 0 Å². The maximum atomic E-state index is 5.13. The zero-order valence-corrected chi connectivity index (χ0v) is 10.00. The summed E-state index contributed by atoms with van der Waals surface area (Å²) in [4.78, 5) is 8.93. The highest BCUT2D eigenvalue weighted by atomic mass is 16.5. The Kier molecular flexibility index (Phi) is 2.65. The van der Waals surface area contributed by atoms with Crippen LogP contribution in [0.15, 0.2) is 54.7 Å². The van der Waals surface area contributed by atoms with E-state index in [1.54, 1.807) is 7.11 Å². The van der Waals surface area contributed by atoms with Gasteiger partial charge in [-0.3, -0.25) is 0 Å². The van der Waals surface area contributed by atoms with Gasteiger partial charge in [0, 0.05) is 17.1 Å². The van der Waals surface area contributed by atoms with E-state index >= 15 is 0 Å². The fourth-order valence-corrected chi connectivity index (χ4v) is 1.85. The van der Waals surface area contributed by atoms with Crippen LogP contribution in [0.5, 0.6) is 5.75 Å². The zero-order valence-electron chi connectivity index (χ0n) is 10.00. The second-order valence-corrected chi connectivity index (χ2v) is 3.98. The van der Waals surface area contributed by atoms with Crippen LogP contribution in [-0.2, 0) is 0 Å². The first-order valence-electron chi connectivity index (χ1n) is 5.73. The molecule has 0 aliphatic heterocycles. The summed E-state index contributed by atoms with van der Waals surface area (Å²) in [7, 11) is 1.65. The number of ether oxygens (including phenoxy) is 1. The number of rotatable bonds is 2. The molecular weight excluding hydrogens is 224 g/mol. The van der Waals surface area contributed by atoms with Gasteiger partial charge in [0.2, 0.25) is 0 Å². The van der Waals surface area contributed by atoms with Gasteiger partial charge in [0.25, 0.3) is 0 Å². The minimum absolute atomic E-state index is 0.733. The highest BCUT2D eigenvalue weighted by molar-refractivity contribution is 5.79. The highest BCUT2D eigenvalue weighted by Crippen LogP contribution is 2.20. The quantitative estimate of drug-likeness (QED) is 0.684. The summed E-state index contributed by atoms with van der Waals surface area (Å²) < 4.78 is 5.13. The molecule has 3 aromatic rings. The Morgan fingerprint density at radius 3 is 2.50 bits per heavy atom. The number of para-hydroxylation sites is 1. The van der Waals surface area contributed by atoms with E-state index in [-0.39, 0.29) is 0 Å². The largest absolute Gasteiger partial charge is 0.497 e. The minimum Gasteiger partial charge on any atom is -0.497 e. The number of fused-ring (bicyclic) bond motifs is 1. The monoisotopic (exact) mass is 236 g/mol. The van der Waals surface area contributed by atoms with Crippen molar-refractivity contribution >= 4 is 10.9 Å². The van der Waals surface area contributed by atoms with Gasteiger partial charge in [-0.2, -0.15) is 0 Å². The van der Waals surface area contributed by atoms with Gasteiger partial charge in [0.05, 0.1) is 12.6 Å². The van der Waals surface area contributed by atoms with Crippen LogP contribution in [0.2, 0.25) is 0 Å². The molecule has 0 saturated heterocycles. The molecule has 18 heavy (non-hydrogen) atoms. The highest BCUT2D eigenvalue weighted by Gasteiger charge is 2.02. The molecule has 0 aliphatic carbocycles. The topological polar surface area (TPSA) is 35.0 Å². The number of benzene rings is 2. The molecule has 0 saturated carbocycles. The van der Waals surface area contributed by atoms with Gasteiger partial charge in [-0.05, 0) is 30.3 Å². The van der Waals surface area contributed by atoms with Crippen LogP contribution >= 0.6 is 0 Å². The molecule has 0 bridgehead atoms. The van der Waals surface area contributed by atoms with E-state index in [1.807, 2.05) is 54.7 Å². The van der Waals surface area contributed by atoms with Crippen LogP contribution in [-0.4, -0.2) is 17.1 Å². The van der Waals surface area contributed by atoms with Crippen molar-refractivity contribution < 1.29 is 4.74 Å². The van der Waals surface area contributed by atoms with Crippen molar-refractivity contribution in [1.82, 2.24) is 9.97 Å². The lowest BCUT2D eigenvalue weighted by Gasteiger charge is -2.03. The van der Waals surface area contributed by atoms with Crippen molar-refractivity contribution in [3.8, 4) is 17.1 Å². The first kappa shape index (κ1) is 10.7. The van der Waals surface area contributed by atoms with Gasteiger partial charge < -0.3 is 4.74 Å². The molecule has 3 nitrogen and oxygen atoms in total. The first-order valence-corrected chi connectivity index (χ1v) is 5.73. The SMILES string of the molecule is COc1ccc(-c2ncc3ccccc3n2)cc1. The van der Waals surface area contributed by atoms with E-state index in [9.17, 15) is 0 Å². The Hall–Kier alpha value is -2.42. The molecule has 0 atom stereocenters. The Morgan fingerprint density at radius 2 is 1.72 bits per heavy atom. The number of aromatic nitrogens is 2. The second kappa shape index (κ2) is 4.45. The predicted octanol–water partition coefficient (Wildman–Crippen LogP) is 3.31. The summed E-state index contributed by atoms with van der Waals surface area (Å²) in [6.45, 7) is 0. The Morgan fingerprint density at radius 1 is 0.944 bits per heavy atom. The molecule has 2 aromatic carbocycles. The van der Waals surface area contributed by atoms with E-state index in [0.717, 1.165) is 28.0 Å². The summed E-state index contributed by atoms with van der Waals surface area (Å²) in [5.41, 5.74) is 1.94. The lowest BCUT2D eigenvalue weighted by Crippen LogP contribution is -1.90. The molecule has 3 rings (SSSR count). The van der Waals surface area contributed by atoms with Gasteiger partial charge >= 0.3 is 0 Å². The summed E-state index contributed by atoms with van der Waals surface area (Å²) in [5, 5.41) is 1.05. The molecular formula is C15H12N2O.